The average molecular weight is 591 g/mol. The zero-order valence-corrected chi connectivity index (χ0v) is 24.9. The molecular formula is C32H34N2O7S. The van der Waals surface area contributed by atoms with Crippen LogP contribution in [0.15, 0.2) is 72.9 Å². The number of pyridine rings is 1. The van der Waals surface area contributed by atoms with Gasteiger partial charge in [0.2, 0.25) is 4.75 Å². The number of nitrogens with one attached hydrogen (secondary N) is 1. The first-order chi connectivity index (χ1) is 20.0. The Labute approximate surface area is 249 Å². The molecule has 3 aromatic rings. The minimum absolute atomic E-state index is 0.00248. The predicted octanol–water partition coefficient (Wildman–Crippen LogP) is 5.36. The molecule has 0 saturated carbocycles. The van der Waals surface area contributed by atoms with Gasteiger partial charge >= 0.3 is 11.9 Å². The van der Waals surface area contributed by atoms with Gasteiger partial charge in [0.15, 0.2) is 0 Å². The van der Waals surface area contributed by atoms with Crippen molar-refractivity contribution in [3.8, 4) is 5.75 Å². The number of aromatic nitrogens is 1. The van der Waals surface area contributed by atoms with Crippen LogP contribution in [0.2, 0.25) is 0 Å². The molecule has 42 heavy (non-hydrogen) atoms. The van der Waals surface area contributed by atoms with Gasteiger partial charge in [-0.3, -0.25) is 24.7 Å². The predicted molar refractivity (Wildman–Crippen MR) is 158 cm³/mol. The lowest BCUT2D eigenvalue weighted by Gasteiger charge is -2.22. The van der Waals surface area contributed by atoms with Crippen LogP contribution in [0.25, 0.3) is 0 Å². The van der Waals surface area contributed by atoms with Crippen LogP contribution in [0.3, 0.4) is 0 Å². The van der Waals surface area contributed by atoms with Gasteiger partial charge in [-0.15, -0.1) is 0 Å². The summed E-state index contributed by atoms with van der Waals surface area (Å²) in [5.74, 6) is -1.11. The number of carbonyl (C=O) groups is 4. The quantitative estimate of drug-likeness (QED) is 0.232. The molecule has 2 heterocycles. The maximum atomic E-state index is 13.1. The Kier molecular flexibility index (Phi) is 9.67. The van der Waals surface area contributed by atoms with E-state index in [-0.39, 0.29) is 19.0 Å². The molecular weight excluding hydrogens is 556 g/mol. The van der Waals surface area contributed by atoms with E-state index >= 15 is 0 Å². The monoisotopic (exact) mass is 590 g/mol. The zero-order valence-electron chi connectivity index (χ0n) is 24.0. The van der Waals surface area contributed by atoms with E-state index in [2.05, 4.69) is 10.3 Å². The highest BCUT2D eigenvalue weighted by Crippen LogP contribution is 2.37. The third kappa shape index (κ3) is 7.76. The van der Waals surface area contributed by atoms with Crippen LogP contribution in [0.1, 0.15) is 56.2 Å². The highest BCUT2D eigenvalue weighted by molar-refractivity contribution is 8.16. The number of imide groups is 1. The van der Waals surface area contributed by atoms with Gasteiger partial charge in [0.1, 0.15) is 18.5 Å². The molecule has 0 aliphatic carbocycles. The molecule has 1 unspecified atom stereocenters. The molecule has 2 amide bonds. The fourth-order valence-electron chi connectivity index (χ4n) is 4.08. The summed E-state index contributed by atoms with van der Waals surface area (Å²) >= 11 is 0.644. The van der Waals surface area contributed by atoms with Gasteiger partial charge in [-0.2, -0.15) is 0 Å². The Balaban J connectivity index is 1.31. The van der Waals surface area contributed by atoms with Crippen LogP contribution in [-0.2, 0) is 43.3 Å². The van der Waals surface area contributed by atoms with Gasteiger partial charge in [0, 0.05) is 30.3 Å². The highest BCUT2D eigenvalue weighted by Gasteiger charge is 2.55. The maximum Gasteiger partial charge on any atom is 0.333 e. The van der Waals surface area contributed by atoms with Crippen molar-refractivity contribution < 1.29 is 33.4 Å². The van der Waals surface area contributed by atoms with Gasteiger partial charge in [-0.25, -0.2) is 4.79 Å². The Morgan fingerprint density at radius 3 is 2.29 bits per heavy atom. The molecule has 0 bridgehead atoms. The molecule has 1 N–H and O–H groups in total. The second-order valence-electron chi connectivity index (χ2n) is 11.0. The second-order valence-corrected chi connectivity index (χ2v) is 12.3. The van der Waals surface area contributed by atoms with E-state index in [1.54, 1.807) is 30.5 Å². The third-order valence-electron chi connectivity index (χ3n) is 6.61. The van der Waals surface area contributed by atoms with Crippen LogP contribution >= 0.6 is 11.8 Å². The Bertz CT molecular complexity index is 1420. The van der Waals surface area contributed by atoms with Crippen LogP contribution in [0.4, 0.5) is 4.79 Å². The Hall–Kier alpha value is -4.18. The number of thioether (sulfide) groups is 1. The van der Waals surface area contributed by atoms with Crippen molar-refractivity contribution in [2.24, 2.45) is 5.41 Å². The number of hydrogen-bond acceptors (Lipinski definition) is 9. The normalized spacial score (nSPS) is 17.3. The lowest BCUT2D eigenvalue weighted by molar-refractivity contribution is -0.158. The first kappa shape index (κ1) is 30.8. The molecule has 10 heteroatoms. The standard InChI is InChI=1S/C32H34N2O7S/c1-21(41-28(36)31(2,3)4)24-12-13-25(33-19-24)16-17-39-26-14-10-22(11-15-26)18-32(27(35)34-30(38)42-32)29(37)40-20-23-8-6-5-7-9-23/h5-15,19,21H,16-18,20H2,1-4H3,(H,34,35,38)/t21-,32?/m0/s1. The minimum Gasteiger partial charge on any atom is -0.493 e. The smallest absolute Gasteiger partial charge is 0.333 e. The first-order valence-electron chi connectivity index (χ1n) is 13.6. The molecule has 220 valence electrons. The van der Waals surface area contributed by atoms with Crippen molar-refractivity contribution in [3.63, 3.8) is 0 Å². The van der Waals surface area contributed by atoms with Crippen LogP contribution in [-0.4, -0.2) is 39.4 Å². The number of hydrogen-bond donors (Lipinski definition) is 1. The van der Waals surface area contributed by atoms with E-state index in [9.17, 15) is 19.2 Å². The summed E-state index contributed by atoms with van der Waals surface area (Å²) in [4.78, 5) is 54.5. The second kappa shape index (κ2) is 13.2. The average Bonchev–Trinajstić information content (AvgIpc) is 3.26. The zero-order chi connectivity index (χ0) is 30.3. The summed E-state index contributed by atoms with van der Waals surface area (Å²) in [7, 11) is 0. The molecule has 4 rings (SSSR count). The lowest BCUT2D eigenvalue weighted by Crippen LogP contribution is -2.46. The highest BCUT2D eigenvalue weighted by atomic mass is 32.2. The molecule has 1 saturated heterocycles. The summed E-state index contributed by atoms with van der Waals surface area (Å²) in [5.41, 5.74) is 2.52. The number of esters is 2. The summed E-state index contributed by atoms with van der Waals surface area (Å²) in [6.07, 6.45) is 1.86. The number of carbonyl (C=O) groups excluding carboxylic acids is 4. The van der Waals surface area contributed by atoms with Crippen molar-refractivity contribution in [1.29, 1.82) is 0 Å². The molecule has 0 radical (unpaired) electrons. The third-order valence-corrected chi connectivity index (χ3v) is 7.74. The fraction of sp³-hybridized carbons (Fsp3) is 0.344. The van der Waals surface area contributed by atoms with E-state index in [4.69, 9.17) is 14.2 Å². The molecule has 9 nitrogen and oxygen atoms in total. The van der Waals surface area contributed by atoms with Crippen molar-refractivity contribution in [3.05, 3.63) is 95.3 Å². The van der Waals surface area contributed by atoms with Crippen LogP contribution in [0, 0.1) is 5.41 Å². The Morgan fingerprint density at radius 2 is 1.69 bits per heavy atom. The largest absolute Gasteiger partial charge is 0.493 e. The van der Waals surface area contributed by atoms with Crippen molar-refractivity contribution >= 4 is 34.8 Å². The van der Waals surface area contributed by atoms with Gasteiger partial charge in [0.05, 0.1) is 12.0 Å². The van der Waals surface area contributed by atoms with E-state index in [1.807, 2.05) is 70.2 Å². The number of ether oxygens (including phenoxy) is 3. The van der Waals surface area contributed by atoms with Gasteiger partial charge in [-0.05, 0) is 68.8 Å². The molecule has 1 fully saturated rings. The van der Waals surface area contributed by atoms with E-state index in [0.717, 1.165) is 16.8 Å². The number of benzene rings is 2. The van der Waals surface area contributed by atoms with E-state index in [1.165, 1.54) is 0 Å². The summed E-state index contributed by atoms with van der Waals surface area (Å²) in [6.45, 7) is 7.63. The summed E-state index contributed by atoms with van der Waals surface area (Å²) in [6, 6.07) is 19.9. The van der Waals surface area contributed by atoms with E-state index < -0.39 is 33.4 Å². The van der Waals surface area contributed by atoms with Crippen LogP contribution in [0.5, 0.6) is 5.75 Å². The number of nitrogens with zero attached hydrogens (tertiary/aromatic N) is 1. The number of amides is 2. The van der Waals surface area contributed by atoms with Crippen molar-refractivity contribution in [2.75, 3.05) is 6.61 Å². The minimum atomic E-state index is -1.70. The topological polar surface area (TPSA) is 121 Å². The number of rotatable bonds is 11. The molecule has 1 aromatic heterocycles. The first-order valence-corrected chi connectivity index (χ1v) is 14.4. The van der Waals surface area contributed by atoms with Gasteiger partial charge in [-0.1, -0.05) is 48.5 Å². The molecule has 2 aromatic carbocycles. The summed E-state index contributed by atoms with van der Waals surface area (Å²) < 4.78 is 15.1. The molecule has 1 aliphatic heterocycles. The molecule has 0 spiro atoms. The maximum absolute atomic E-state index is 13.1. The fourth-order valence-corrected chi connectivity index (χ4v) is 5.07. The van der Waals surface area contributed by atoms with Crippen molar-refractivity contribution in [2.45, 2.75) is 58.0 Å². The summed E-state index contributed by atoms with van der Waals surface area (Å²) in [5, 5.41) is 1.63. The lowest BCUT2D eigenvalue weighted by atomic mass is 9.97. The van der Waals surface area contributed by atoms with Gasteiger partial charge < -0.3 is 14.2 Å². The van der Waals surface area contributed by atoms with Gasteiger partial charge in [0.25, 0.3) is 11.1 Å². The SMILES string of the molecule is C[C@H](OC(=O)C(C)(C)C)c1ccc(CCOc2ccc(CC3(C(=O)OCc4ccccc4)SC(=O)NC3=O)cc2)nc1. The van der Waals surface area contributed by atoms with Crippen molar-refractivity contribution in [1.82, 2.24) is 10.3 Å². The molecule has 1 aliphatic rings. The Morgan fingerprint density at radius 1 is 0.976 bits per heavy atom. The molecule has 2 atom stereocenters. The van der Waals surface area contributed by atoms with Crippen LogP contribution < -0.4 is 10.1 Å². The van der Waals surface area contributed by atoms with E-state index in [0.29, 0.717) is 36.1 Å².